The van der Waals surface area contributed by atoms with Crippen molar-refractivity contribution in [1.82, 2.24) is 10.6 Å². The van der Waals surface area contributed by atoms with Crippen molar-refractivity contribution >= 4 is 0 Å². The molecule has 3 rings (SSSR count). The molecule has 3 fully saturated rings. The molecule has 18 heavy (non-hydrogen) atoms. The Hall–Kier alpha value is -0.0800. The van der Waals surface area contributed by atoms with Gasteiger partial charge in [-0.1, -0.05) is 6.92 Å². The van der Waals surface area contributed by atoms with Crippen LogP contribution in [0.3, 0.4) is 0 Å². The largest absolute Gasteiger partial charge is 0.314 e. The van der Waals surface area contributed by atoms with Crippen molar-refractivity contribution in [3.05, 3.63) is 0 Å². The number of piperidine rings is 1. The minimum absolute atomic E-state index is 0.575. The smallest absolute Gasteiger partial charge is 0.0184 e. The van der Waals surface area contributed by atoms with Gasteiger partial charge in [0.2, 0.25) is 0 Å². The normalized spacial score (nSPS) is 39.5. The van der Waals surface area contributed by atoms with Crippen molar-refractivity contribution in [2.75, 3.05) is 13.1 Å². The Morgan fingerprint density at radius 3 is 2.56 bits per heavy atom. The predicted octanol–water partition coefficient (Wildman–Crippen LogP) is 3.08. The van der Waals surface area contributed by atoms with E-state index < -0.39 is 0 Å². The van der Waals surface area contributed by atoms with Gasteiger partial charge < -0.3 is 10.6 Å². The summed E-state index contributed by atoms with van der Waals surface area (Å²) in [5.74, 6) is 1.91. The first kappa shape index (κ1) is 12.9. The van der Waals surface area contributed by atoms with Crippen LogP contribution in [-0.2, 0) is 0 Å². The summed E-state index contributed by atoms with van der Waals surface area (Å²) in [6.07, 6.45) is 12.8. The lowest BCUT2D eigenvalue weighted by molar-refractivity contribution is 0.103. The second-order valence-electron chi connectivity index (χ2n) is 7.28. The van der Waals surface area contributed by atoms with Crippen molar-refractivity contribution in [3.63, 3.8) is 0 Å². The Morgan fingerprint density at radius 1 is 1.11 bits per heavy atom. The first-order valence-electron chi connectivity index (χ1n) is 8.24. The summed E-state index contributed by atoms with van der Waals surface area (Å²) < 4.78 is 0. The lowest BCUT2D eigenvalue weighted by Crippen LogP contribution is -2.56. The molecule has 0 bridgehead atoms. The topological polar surface area (TPSA) is 24.1 Å². The third kappa shape index (κ3) is 2.91. The highest BCUT2D eigenvalue weighted by atomic mass is 15.0. The van der Waals surface area contributed by atoms with Crippen LogP contribution in [0.5, 0.6) is 0 Å². The minimum Gasteiger partial charge on any atom is -0.314 e. The van der Waals surface area contributed by atoms with Crippen molar-refractivity contribution in [1.29, 1.82) is 0 Å². The van der Waals surface area contributed by atoms with Crippen LogP contribution < -0.4 is 10.6 Å². The highest BCUT2D eigenvalue weighted by Gasteiger charge is 2.40. The average Bonchev–Trinajstić information content (AvgIpc) is 2.37. The molecule has 1 aliphatic heterocycles. The Kier molecular flexibility index (Phi) is 3.95. The van der Waals surface area contributed by atoms with E-state index in [9.17, 15) is 0 Å². The van der Waals surface area contributed by atoms with Gasteiger partial charge in [0.1, 0.15) is 0 Å². The van der Waals surface area contributed by atoms with Gasteiger partial charge in [-0.25, -0.2) is 0 Å². The minimum atomic E-state index is 0.575. The van der Waals surface area contributed by atoms with Gasteiger partial charge in [-0.2, -0.15) is 0 Å². The van der Waals surface area contributed by atoms with Crippen LogP contribution in [0.2, 0.25) is 0 Å². The average molecular weight is 250 g/mol. The number of nitrogens with one attached hydrogen (secondary N) is 2. The molecular weight excluding hydrogens is 220 g/mol. The van der Waals surface area contributed by atoms with E-state index in [2.05, 4.69) is 17.6 Å². The van der Waals surface area contributed by atoms with Gasteiger partial charge in [0, 0.05) is 11.6 Å². The van der Waals surface area contributed by atoms with Crippen LogP contribution in [-0.4, -0.2) is 24.7 Å². The van der Waals surface area contributed by atoms with Gasteiger partial charge >= 0.3 is 0 Å². The van der Waals surface area contributed by atoms with Crippen molar-refractivity contribution in [2.24, 2.45) is 11.8 Å². The second kappa shape index (κ2) is 5.50. The zero-order chi connectivity index (χ0) is 12.4. The SMILES string of the molecule is CC1CCC(NC[C@H]2CCNC3(CCC3)C2)CC1. The van der Waals surface area contributed by atoms with Crippen molar-refractivity contribution in [3.8, 4) is 0 Å². The zero-order valence-electron chi connectivity index (χ0n) is 12.0. The van der Waals surface area contributed by atoms with Crippen molar-refractivity contribution in [2.45, 2.75) is 76.3 Å². The van der Waals surface area contributed by atoms with Crippen LogP contribution in [0.1, 0.15) is 64.7 Å². The van der Waals surface area contributed by atoms with Gasteiger partial charge in [0.05, 0.1) is 0 Å². The van der Waals surface area contributed by atoms with Crippen LogP contribution in [0.4, 0.5) is 0 Å². The van der Waals surface area contributed by atoms with E-state index in [4.69, 9.17) is 0 Å². The van der Waals surface area contributed by atoms with Gasteiger partial charge in [-0.15, -0.1) is 0 Å². The van der Waals surface area contributed by atoms with E-state index in [1.807, 2.05) is 0 Å². The fraction of sp³-hybridized carbons (Fsp3) is 1.00. The van der Waals surface area contributed by atoms with Crippen LogP contribution in [0, 0.1) is 11.8 Å². The predicted molar refractivity (Wildman–Crippen MR) is 76.7 cm³/mol. The summed E-state index contributed by atoms with van der Waals surface area (Å²) in [5.41, 5.74) is 0.575. The van der Waals surface area contributed by atoms with E-state index in [0.29, 0.717) is 5.54 Å². The lowest BCUT2D eigenvalue weighted by Gasteiger charge is -2.48. The van der Waals surface area contributed by atoms with Gasteiger partial charge in [0.25, 0.3) is 0 Å². The van der Waals surface area contributed by atoms with E-state index >= 15 is 0 Å². The summed E-state index contributed by atoms with van der Waals surface area (Å²) in [6, 6.07) is 0.827. The van der Waals surface area contributed by atoms with Crippen LogP contribution >= 0.6 is 0 Å². The fourth-order valence-corrected chi connectivity index (χ4v) is 4.22. The van der Waals surface area contributed by atoms with Gasteiger partial charge in [-0.3, -0.25) is 0 Å². The molecule has 0 unspecified atom stereocenters. The van der Waals surface area contributed by atoms with E-state index in [1.54, 1.807) is 0 Å². The Bertz CT molecular complexity index is 264. The quantitative estimate of drug-likeness (QED) is 0.804. The molecule has 0 aromatic heterocycles. The molecule has 2 aliphatic carbocycles. The van der Waals surface area contributed by atoms with Crippen molar-refractivity contribution < 1.29 is 0 Å². The van der Waals surface area contributed by atoms with Gasteiger partial charge in [0.15, 0.2) is 0 Å². The van der Waals surface area contributed by atoms with Gasteiger partial charge in [-0.05, 0) is 82.7 Å². The first-order valence-corrected chi connectivity index (χ1v) is 8.24. The molecular formula is C16H30N2. The maximum absolute atomic E-state index is 3.87. The third-order valence-corrected chi connectivity index (χ3v) is 5.75. The summed E-state index contributed by atoms with van der Waals surface area (Å²) >= 11 is 0. The Labute approximate surface area is 112 Å². The zero-order valence-corrected chi connectivity index (χ0v) is 12.0. The maximum atomic E-state index is 3.87. The molecule has 0 amide bonds. The van der Waals surface area contributed by atoms with Crippen LogP contribution in [0.15, 0.2) is 0 Å². The second-order valence-corrected chi connectivity index (χ2v) is 7.28. The Balaban J connectivity index is 1.40. The molecule has 1 saturated heterocycles. The molecule has 3 aliphatic rings. The summed E-state index contributed by atoms with van der Waals surface area (Å²) in [7, 11) is 0. The summed E-state index contributed by atoms with van der Waals surface area (Å²) in [6.45, 7) is 4.94. The molecule has 2 N–H and O–H groups in total. The van der Waals surface area contributed by atoms with E-state index in [-0.39, 0.29) is 0 Å². The molecule has 2 heteroatoms. The molecule has 0 radical (unpaired) electrons. The molecule has 104 valence electrons. The fourth-order valence-electron chi connectivity index (χ4n) is 4.22. The molecule has 0 aromatic carbocycles. The Morgan fingerprint density at radius 2 is 1.89 bits per heavy atom. The molecule has 1 atom stereocenters. The summed E-state index contributed by atoms with van der Waals surface area (Å²) in [5, 5.41) is 7.65. The molecule has 2 saturated carbocycles. The highest BCUT2D eigenvalue weighted by molar-refractivity contribution is 5.00. The molecule has 1 spiro atoms. The summed E-state index contributed by atoms with van der Waals surface area (Å²) in [4.78, 5) is 0. The van der Waals surface area contributed by atoms with E-state index in [1.165, 1.54) is 70.9 Å². The lowest BCUT2D eigenvalue weighted by atomic mass is 9.68. The molecule has 2 nitrogen and oxygen atoms in total. The first-order chi connectivity index (χ1) is 8.76. The highest BCUT2D eigenvalue weighted by Crippen LogP contribution is 2.40. The third-order valence-electron chi connectivity index (χ3n) is 5.75. The standard InChI is InChI=1S/C16H30N2/c1-13-3-5-15(6-4-13)17-12-14-7-10-18-16(11-14)8-2-9-16/h13-15,17-18H,2-12H2,1H3/t13?,14-,15?/m0/s1. The van der Waals surface area contributed by atoms with E-state index in [0.717, 1.165) is 17.9 Å². The number of hydrogen-bond acceptors (Lipinski definition) is 2. The number of hydrogen-bond donors (Lipinski definition) is 2. The maximum Gasteiger partial charge on any atom is 0.0184 e. The van der Waals surface area contributed by atoms with Crippen LogP contribution in [0.25, 0.3) is 0 Å². The molecule has 0 aromatic rings. The monoisotopic (exact) mass is 250 g/mol. The number of rotatable bonds is 3. The molecule has 1 heterocycles.